The highest BCUT2D eigenvalue weighted by Gasteiger charge is 2.35. The lowest BCUT2D eigenvalue weighted by Crippen LogP contribution is -2.28. The first-order valence-corrected chi connectivity index (χ1v) is 5.03. The van der Waals surface area contributed by atoms with Crippen molar-refractivity contribution in [2.24, 2.45) is 0 Å². The van der Waals surface area contributed by atoms with Crippen molar-refractivity contribution >= 4 is 16.9 Å². The minimum atomic E-state index is -1.07. The van der Waals surface area contributed by atoms with Gasteiger partial charge in [-0.05, 0) is 38.5 Å². The molecule has 2 rings (SSSR count). The molecule has 1 aromatic heterocycles. The van der Waals surface area contributed by atoms with E-state index in [9.17, 15) is 4.79 Å². The molecule has 0 bridgehead atoms. The van der Waals surface area contributed by atoms with Crippen LogP contribution in [0.4, 0.5) is 0 Å². The van der Waals surface area contributed by atoms with E-state index in [4.69, 9.17) is 9.63 Å². The summed E-state index contributed by atoms with van der Waals surface area (Å²) in [6.45, 7) is 5.17. The standard InChI is InChI=1S/C12H13NO3/c1-7-4-5-8-9(6-7)13-16-10(8)12(2,3)11(14)15/h4-6H,1-3H3,(H,14,15). The van der Waals surface area contributed by atoms with Crippen molar-refractivity contribution in [2.75, 3.05) is 0 Å². The highest BCUT2D eigenvalue weighted by atomic mass is 16.5. The number of fused-ring (bicyclic) bond motifs is 1. The van der Waals surface area contributed by atoms with Crippen LogP contribution in [0.3, 0.4) is 0 Å². The predicted octanol–water partition coefficient (Wildman–Crippen LogP) is 2.50. The van der Waals surface area contributed by atoms with E-state index in [1.54, 1.807) is 13.8 Å². The summed E-state index contributed by atoms with van der Waals surface area (Å²) in [6.07, 6.45) is 0. The third kappa shape index (κ3) is 1.46. The fourth-order valence-electron chi connectivity index (χ4n) is 1.60. The largest absolute Gasteiger partial charge is 0.481 e. The van der Waals surface area contributed by atoms with E-state index in [0.29, 0.717) is 11.3 Å². The molecule has 0 aliphatic heterocycles. The summed E-state index contributed by atoms with van der Waals surface area (Å²) in [4.78, 5) is 11.1. The average Bonchev–Trinajstić information content (AvgIpc) is 2.60. The van der Waals surface area contributed by atoms with Gasteiger partial charge in [-0.25, -0.2) is 0 Å². The fraction of sp³-hybridized carbons (Fsp3) is 0.333. The number of carbonyl (C=O) groups is 1. The Bertz CT molecular complexity index is 554. The van der Waals surface area contributed by atoms with Crippen LogP contribution in [0.15, 0.2) is 22.7 Å². The molecule has 84 valence electrons. The average molecular weight is 219 g/mol. The zero-order valence-corrected chi connectivity index (χ0v) is 9.44. The lowest BCUT2D eigenvalue weighted by atomic mass is 9.88. The van der Waals surface area contributed by atoms with Crippen molar-refractivity contribution in [3.63, 3.8) is 0 Å². The maximum Gasteiger partial charge on any atom is 0.316 e. The topological polar surface area (TPSA) is 63.3 Å². The number of aromatic nitrogens is 1. The van der Waals surface area contributed by atoms with Crippen molar-refractivity contribution in [3.05, 3.63) is 29.5 Å². The SMILES string of the molecule is Cc1ccc2c(C(C)(C)C(=O)O)onc2c1. The molecule has 0 spiro atoms. The van der Waals surface area contributed by atoms with Crippen LogP contribution in [0.1, 0.15) is 25.2 Å². The van der Waals surface area contributed by atoms with Crippen LogP contribution >= 0.6 is 0 Å². The molecule has 0 atom stereocenters. The van der Waals surface area contributed by atoms with Crippen molar-refractivity contribution < 1.29 is 14.4 Å². The van der Waals surface area contributed by atoms with Crippen molar-refractivity contribution in [2.45, 2.75) is 26.2 Å². The number of nitrogens with zero attached hydrogens (tertiary/aromatic N) is 1. The molecule has 1 heterocycles. The van der Waals surface area contributed by atoms with E-state index in [1.807, 2.05) is 25.1 Å². The van der Waals surface area contributed by atoms with E-state index < -0.39 is 11.4 Å². The molecule has 0 radical (unpaired) electrons. The van der Waals surface area contributed by atoms with Gasteiger partial charge in [-0.3, -0.25) is 4.79 Å². The van der Waals surface area contributed by atoms with Crippen LogP contribution in [0.5, 0.6) is 0 Å². The fourth-order valence-corrected chi connectivity index (χ4v) is 1.60. The van der Waals surface area contributed by atoms with Crippen molar-refractivity contribution in [1.82, 2.24) is 5.16 Å². The van der Waals surface area contributed by atoms with Gasteiger partial charge in [-0.15, -0.1) is 0 Å². The quantitative estimate of drug-likeness (QED) is 0.842. The Morgan fingerprint density at radius 2 is 2.12 bits per heavy atom. The van der Waals surface area contributed by atoms with Gasteiger partial charge >= 0.3 is 5.97 Å². The number of rotatable bonds is 2. The third-order valence-corrected chi connectivity index (χ3v) is 2.74. The molecule has 0 aliphatic rings. The monoisotopic (exact) mass is 219 g/mol. The van der Waals surface area contributed by atoms with Gasteiger partial charge in [-0.1, -0.05) is 11.2 Å². The molecule has 4 nitrogen and oxygen atoms in total. The van der Waals surface area contributed by atoms with Crippen molar-refractivity contribution in [3.8, 4) is 0 Å². The first-order chi connectivity index (χ1) is 7.43. The van der Waals surface area contributed by atoms with Gasteiger partial charge in [0.05, 0.1) is 0 Å². The summed E-state index contributed by atoms with van der Waals surface area (Å²) < 4.78 is 5.17. The molecule has 0 unspecified atom stereocenters. The molecule has 0 aliphatic carbocycles. The van der Waals surface area contributed by atoms with E-state index in [1.165, 1.54) is 0 Å². The second kappa shape index (κ2) is 3.33. The molecule has 0 saturated carbocycles. The molecular formula is C12H13NO3. The summed E-state index contributed by atoms with van der Waals surface area (Å²) in [5.41, 5.74) is 0.703. The number of carboxylic acids is 1. The van der Waals surface area contributed by atoms with Crippen LogP contribution in [-0.2, 0) is 10.2 Å². The molecule has 1 N–H and O–H groups in total. The van der Waals surface area contributed by atoms with Gasteiger partial charge in [0.1, 0.15) is 10.9 Å². The Morgan fingerprint density at radius 1 is 1.44 bits per heavy atom. The van der Waals surface area contributed by atoms with Crippen LogP contribution in [-0.4, -0.2) is 16.2 Å². The van der Waals surface area contributed by atoms with Gasteiger partial charge in [0.2, 0.25) is 0 Å². The summed E-state index contributed by atoms with van der Waals surface area (Å²) in [5, 5.41) is 13.8. The summed E-state index contributed by atoms with van der Waals surface area (Å²) >= 11 is 0. The number of aryl methyl sites for hydroxylation is 1. The molecule has 0 amide bonds. The van der Waals surface area contributed by atoms with Gasteiger partial charge in [0.25, 0.3) is 0 Å². The predicted molar refractivity (Wildman–Crippen MR) is 59.4 cm³/mol. The van der Waals surface area contributed by atoms with Crippen LogP contribution in [0, 0.1) is 6.92 Å². The maximum atomic E-state index is 11.1. The smallest absolute Gasteiger partial charge is 0.316 e. The molecule has 1 aromatic carbocycles. The molecule has 4 heteroatoms. The maximum absolute atomic E-state index is 11.1. The highest BCUT2D eigenvalue weighted by Crippen LogP contribution is 2.30. The van der Waals surface area contributed by atoms with Gasteiger partial charge in [-0.2, -0.15) is 0 Å². The summed E-state index contributed by atoms with van der Waals surface area (Å²) in [5.74, 6) is -0.527. The van der Waals surface area contributed by atoms with Crippen LogP contribution < -0.4 is 0 Å². The minimum absolute atomic E-state index is 0.398. The second-order valence-electron chi connectivity index (χ2n) is 4.46. The zero-order valence-electron chi connectivity index (χ0n) is 9.44. The Kier molecular flexibility index (Phi) is 2.22. The second-order valence-corrected chi connectivity index (χ2v) is 4.46. The Hall–Kier alpha value is -1.84. The van der Waals surface area contributed by atoms with Crippen LogP contribution in [0.2, 0.25) is 0 Å². The first-order valence-electron chi connectivity index (χ1n) is 5.03. The molecular weight excluding hydrogens is 206 g/mol. The first kappa shape index (κ1) is 10.7. The number of hydrogen-bond acceptors (Lipinski definition) is 3. The highest BCUT2D eigenvalue weighted by molar-refractivity contribution is 5.89. The number of benzene rings is 1. The van der Waals surface area contributed by atoms with E-state index in [0.717, 1.165) is 10.9 Å². The summed E-state index contributed by atoms with van der Waals surface area (Å²) in [7, 11) is 0. The number of hydrogen-bond donors (Lipinski definition) is 1. The van der Waals surface area contributed by atoms with Gasteiger partial charge < -0.3 is 9.63 Å². The normalized spacial score (nSPS) is 11.9. The molecule has 2 aromatic rings. The van der Waals surface area contributed by atoms with E-state index in [2.05, 4.69) is 5.16 Å². The Morgan fingerprint density at radius 3 is 2.75 bits per heavy atom. The number of carboxylic acid groups (broad SMARTS) is 1. The minimum Gasteiger partial charge on any atom is -0.481 e. The summed E-state index contributed by atoms with van der Waals surface area (Å²) in [6, 6.07) is 5.64. The molecule has 16 heavy (non-hydrogen) atoms. The Labute approximate surface area is 92.9 Å². The van der Waals surface area contributed by atoms with Crippen molar-refractivity contribution in [1.29, 1.82) is 0 Å². The van der Waals surface area contributed by atoms with Gasteiger partial charge in [0.15, 0.2) is 5.76 Å². The van der Waals surface area contributed by atoms with Crippen LogP contribution in [0.25, 0.3) is 10.9 Å². The van der Waals surface area contributed by atoms with Gasteiger partial charge in [0, 0.05) is 5.39 Å². The number of aliphatic carboxylic acids is 1. The molecule has 0 saturated heterocycles. The molecule has 0 fully saturated rings. The van der Waals surface area contributed by atoms with E-state index in [-0.39, 0.29) is 0 Å². The lowest BCUT2D eigenvalue weighted by molar-refractivity contribution is -0.143. The zero-order chi connectivity index (χ0) is 11.9. The van der Waals surface area contributed by atoms with E-state index >= 15 is 0 Å². The third-order valence-electron chi connectivity index (χ3n) is 2.74. The lowest BCUT2D eigenvalue weighted by Gasteiger charge is -2.15. The Balaban J connectivity index is 2.67.